The van der Waals surface area contributed by atoms with Crippen molar-refractivity contribution in [2.24, 2.45) is 5.92 Å². The van der Waals surface area contributed by atoms with Crippen molar-refractivity contribution >= 4 is 11.7 Å². The molecule has 0 saturated heterocycles. The number of rotatable bonds is 5. The number of anilines is 1. The van der Waals surface area contributed by atoms with Crippen molar-refractivity contribution in [2.45, 2.75) is 27.7 Å². The quantitative estimate of drug-likeness (QED) is 0.844. The van der Waals surface area contributed by atoms with Gasteiger partial charge in [-0.2, -0.15) is 0 Å². The van der Waals surface area contributed by atoms with E-state index in [0.717, 1.165) is 22.6 Å². The van der Waals surface area contributed by atoms with E-state index in [0.29, 0.717) is 6.54 Å². The zero-order valence-electron chi connectivity index (χ0n) is 11.6. The van der Waals surface area contributed by atoms with Crippen molar-refractivity contribution in [2.75, 3.05) is 19.0 Å². The molecule has 0 radical (unpaired) electrons. The largest absolute Gasteiger partial charge is 0.494 e. The van der Waals surface area contributed by atoms with Crippen LogP contribution in [-0.2, 0) is 4.79 Å². The molecule has 1 rings (SSSR count). The Balaban J connectivity index is 3.01. The SMILES string of the molecule is COc1c(C)c(C)cc(C)c1NCC(C)C(=O)O. The van der Waals surface area contributed by atoms with Gasteiger partial charge in [-0.3, -0.25) is 4.79 Å². The van der Waals surface area contributed by atoms with Crippen LogP contribution in [-0.4, -0.2) is 24.7 Å². The summed E-state index contributed by atoms with van der Waals surface area (Å²) in [5.74, 6) is -0.441. The van der Waals surface area contributed by atoms with Crippen LogP contribution in [0.15, 0.2) is 6.07 Å². The average Bonchev–Trinajstić information content (AvgIpc) is 2.31. The molecule has 0 spiro atoms. The summed E-state index contributed by atoms with van der Waals surface area (Å²) in [7, 11) is 1.63. The van der Waals surface area contributed by atoms with Gasteiger partial charge in [-0.15, -0.1) is 0 Å². The number of hydrogen-bond acceptors (Lipinski definition) is 3. The van der Waals surface area contributed by atoms with E-state index < -0.39 is 11.9 Å². The molecule has 4 nitrogen and oxygen atoms in total. The maximum atomic E-state index is 10.8. The number of ether oxygens (including phenoxy) is 1. The van der Waals surface area contributed by atoms with Crippen LogP contribution in [0.4, 0.5) is 5.69 Å². The summed E-state index contributed by atoms with van der Waals surface area (Å²) in [5.41, 5.74) is 4.19. The van der Waals surface area contributed by atoms with Crippen molar-refractivity contribution in [1.29, 1.82) is 0 Å². The van der Waals surface area contributed by atoms with Crippen molar-refractivity contribution in [3.63, 3.8) is 0 Å². The fraction of sp³-hybridized carbons (Fsp3) is 0.500. The van der Waals surface area contributed by atoms with Crippen molar-refractivity contribution in [3.8, 4) is 5.75 Å². The first kappa shape index (κ1) is 14.4. The van der Waals surface area contributed by atoms with E-state index in [1.165, 1.54) is 5.56 Å². The number of aliphatic carboxylic acids is 1. The first-order valence-corrected chi connectivity index (χ1v) is 6.00. The third-order valence-corrected chi connectivity index (χ3v) is 3.20. The normalized spacial score (nSPS) is 12.1. The average molecular weight is 251 g/mol. The van der Waals surface area contributed by atoms with Gasteiger partial charge in [0.15, 0.2) is 0 Å². The molecule has 0 amide bonds. The lowest BCUT2D eigenvalue weighted by molar-refractivity contribution is -0.140. The summed E-state index contributed by atoms with van der Waals surface area (Å²) in [4.78, 5) is 10.8. The Morgan fingerprint density at radius 2 is 2.00 bits per heavy atom. The van der Waals surface area contributed by atoms with Gasteiger partial charge >= 0.3 is 5.97 Å². The second-order valence-electron chi connectivity index (χ2n) is 4.66. The Labute approximate surface area is 108 Å². The number of nitrogens with one attached hydrogen (secondary N) is 1. The smallest absolute Gasteiger partial charge is 0.308 e. The van der Waals surface area contributed by atoms with Gasteiger partial charge in [0, 0.05) is 6.54 Å². The van der Waals surface area contributed by atoms with E-state index in [2.05, 4.69) is 11.4 Å². The van der Waals surface area contributed by atoms with Crippen LogP contribution in [0.1, 0.15) is 23.6 Å². The van der Waals surface area contributed by atoms with Gasteiger partial charge in [0.25, 0.3) is 0 Å². The van der Waals surface area contributed by atoms with Crippen molar-refractivity contribution in [1.82, 2.24) is 0 Å². The molecule has 0 bridgehead atoms. The fourth-order valence-electron chi connectivity index (χ4n) is 1.87. The van der Waals surface area contributed by atoms with Crippen LogP contribution < -0.4 is 10.1 Å². The van der Waals surface area contributed by atoms with Gasteiger partial charge in [0.2, 0.25) is 0 Å². The number of carbonyl (C=O) groups is 1. The highest BCUT2D eigenvalue weighted by Gasteiger charge is 2.15. The van der Waals surface area contributed by atoms with Crippen LogP contribution in [0.25, 0.3) is 0 Å². The van der Waals surface area contributed by atoms with Gasteiger partial charge in [0.1, 0.15) is 5.75 Å². The molecule has 0 fully saturated rings. The molecule has 1 aromatic rings. The predicted molar refractivity (Wildman–Crippen MR) is 72.5 cm³/mol. The highest BCUT2D eigenvalue weighted by Crippen LogP contribution is 2.34. The number of hydrogen-bond donors (Lipinski definition) is 2. The minimum absolute atomic E-state index is 0.384. The second kappa shape index (κ2) is 5.76. The highest BCUT2D eigenvalue weighted by molar-refractivity contribution is 5.71. The maximum Gasteiger partial charge on any atom is 0.308 e. The van der Waals surface area contributed by atoms with E-state index in [9.17, 15) is 4.79 Å². The molecule has 0 aliphatic heterocycles. The van der Waals surface area contributed by atoms with Gasteiger partial charge in [-0.05, 0) is 37.5 Å². The van der Waals surface area contributed by atoms with Crippen LogP contribution >= 0.6 is 0 Å². The third kappa shape index (κ3) is 2.94. The lowest BCUT2D eigenvalue weighted by Crippen LogP contribution is -2.20. The van der Waals surface area contributed by atoms with Crippen LogP contribution in [0.2, 0.25) is 0 Å². The van der Waals surface area contributed by atoms with Crippen molar-refractivity contribution < 1.29 is 14.6 Å². The maximum absolute atomic E-state index is 10.8. The summed E-state index contributed by atoms with van der Waals surface area (Å²) >= 11 is 0. The fourth-order valence-corrected chi connectivity index (χ4v) is 1.87. The lowest BCUT2D eigenvalue weighted by Gasteiger charge is -2.19. The zero-order chi connectivity index (χ0) is 13.9. The third-order valence-electron chi connectivity index (χ3n) is 3.20. The molecule has 18 heavy (non-hydrogen) atoms. The Morgan fingerprint density at radius 1 is 1.39 bits per heavy atom. The summed E-state index contributed by atoms with van der Waals surface area (Å²) in [6.45, 7) is 8.09. The molecule has 0 aliphatic rings. The molecule has 0 aliphatic carbocycles. The Morgan fingerprint density at radius 3 is 2.50 bits per heavy atom. The monoisotopic (exact) mass is 251 g/mol. The van der Waals surface area contributed by atoms with E-state index in [1.54, 1.807) is 14.0 Å². The van der Waals surface area contributed by atoms with Crippen molar-refractivity contribution in [3.05, 3.63) is 22.8 Å². The number of benzene rings is 1. The molecule has 0 aromatic heterocycles. The van der Waals surface area contributed by atoms with E-state index in [1.807, 2.05) is 20.8 Å². The molecule has 1 aromatic carbocycles. The molecular formula is C14H21NO3. The number of methoxy groups -OCH3 is 1. The first-order valence-electron chi connectivity index (χ1n) is 6.00. The molecule has 100 valence electrons. The van der Waals surface area contributed by atoms with Gasteiger partial charge in [-0.1, -0.05) is 13.0 Å². The summed E-state index contributed by atoms with van der Waals surface area (Å²) in [5, 5.41) is 12.1. The van der Waals surface area contributed by atoms with E-state index >= 15 is 0 Å². The summed E-state index contributed by atoms with van der Waals surface area (Å²) in [6.07, 6.45) is 0. The summed E-state index contributed by atoms with van der Waals surface area (Å²) in [6, 6.07) is 2.08. The second-order valence-corrected chi connectivity index (χ2v) is 4.66. The van der Waals surface area contributed by atoms with Gasteiger partial charge in [0.05, 0.1) is 18.7 Å². The summed E-state index contributed by atoms with van der Waals surface area (Å²) < 4.78 is 5.42. The van der Waals surface area contributed by atoms with E-state index in [4.69, 9.17) is 9.84 Å². The standard InChI is InChI=1S/C14H21NO3/c1-8-6-9(2)12(13(18-5)11(8)4)15-7-10(3)14(16)17/h6,10,15H,7H2,1-5H3,(H,16,17). The number of carboxylic acid groups (broad SMARTS) is 1. The number of aryl methyl sites for hydroxylation is 2. The molecule has 0 heterocycles. The van der Waals surface area contributed by atoms with Gasteiger partial charge in [-0.25, -0.2) is 0 Å². The zero-order valence-corrected chi connectivity index (χ0v) is 11.6. The minimum atomic E-state index is -0.803. The first-order chi connectivity index (χ1) is 8.38. The van der Waals surface area contributed by atoms with Crippen LogP contribution in [0, 0.1) is 26.7 Å². The number of carboxylic acids is 1. The molecular weight excluding hydrogens is 230 g/mol. The molecule has 1 unspecified atom stereocenters. The van der Waals surface area contributed by atoms with Crippen LogP contribution in [0.3, 0.4) is 0 Å². The molecule has 2 N–H and O–H groups in total. The topological polar surface area (TPSA) is 58.6 Å². The van der Waals surface area contributed by atoms with E-state index in [-0.39, 0.29) is 0 Å². The Hall–Kier alpha value is -1.71. The highest BCUT2D eigenvalue weighted by atomic mass is 16.5. The minimum Gasteiger partial charge on any atom is -0.494 e. The Bertz CT molecular complexity index is 455. The molecule has 0 saturated carbocycles. The molecule has 4 heteroatoms. The lowest BCUT2D eigenvalue weighted by atomic mass is 10.0. The predicted octanol–water partition coefficient (Wildman–Crippen LogP) is 2.75. The molecule has 1 atom stereocenters. The Kier molecular flexibility index (Phi) is 4.59. The van der Waals surface area contributed by atoms with Gasteiger partial charge < -0.3 is 15.2 Å². The van der Waals surface area contributed by atoms with Crippen LogP contribution in [0.5, 0.6) is 5.75 Å².